The normalized spacial score (nSPS) is 24.5. The van der Waals surface area contributed by atoms with Gasteiger partial charge in [0.15, 0.2) is 5.82 Å². The average Bonchev–Trinajstić information content (AvgIpc) is 3.14. The molecule has 1 amide bonds. The first kappa shape index (κ1) is 12.5. The van der Waals surface area contributed by atoms with Gasteiger partial charge >= 0.3 is 0 Å². The van der Waals surface area contributed by atoms with Crippen LogP contribution in [-0.4, -0.2) is 55.0 Å². The van der Waals surface area contributed by atoms with Crippen LogP contribution in [-0.2, 0) is 11.3 Å². The summed E-state index contributed by atoms with van der Waals surface area (Å²) in [5, 5.41) is 8.07. The predicted molar refractivity (Wildman–Crippen MR) is 71.5 cm³/mol. The summed E-state index contributed by atoms with van der Waals surface area (Å²) in [4.78, 5) is 21.4. The number of hydrogen-bond acceptors (Lipinski definition) is 5. The number of rotatable bonds is 1. The number of imidazole rings is 1. The Bertz CT molecular complexity index is 678. The first-order valence-corrected chi connectivity index (χ1v) is 7.04. The molecule has 0 aromatic carbocycles. The van der Waals surface area contributed by atoms with Gasteiger partial charge in [-0.15, -0.1) is 5.10 Å². The fourth-order valence-corrected chi connectivity index (χ4v) is 3.03. The number of aromatic amines is 1. The number of aryl methyl sites for hydroxylation is 1. The standard InChI is InChI=1S/C13H16N6O2/c1-8-4-14-12(16-8)13(20)18-3-2-11-10(6-18)19-9(7-21-11)5-15-17-19/h4-5,10-11H,2-3,6-7H2,1H3,(H,14,16)/t10-,11-/m1/s1. The molecule has 8 nitrogen and oxygen atoms in total. The number of fused-ring (bicyclic) bond motifs is 3. The van der Waals surface area contributed by atoms with Gasteiger partial charge < -0.3 is 14.6 Å². The third kappa shape index (κ3) is 2.02. The van der Waals surface area contributed by atoms with Crippen LogP contribution in [0.15, 0.2) is 12.4 Å². The zero-order chi connectivity index (χ0) is 14.4. The van der Waals surface area contributed by atoms with Crippen molar-refractivity contribution in [3.8, 4) is 0 Å². The second kappa shape index (κ2) is 4.66. The van der Waals surface area contributed by atoms with Gasteiger partial charge in [0, 0.05) is 25.0 Å². The zero-order valence-corrected chi connectivity index (χ0v) is 11.7. The van der Waals surface area contributed by atoms with Crippen molar-refractivity contribution in [1.82, 2.24) is 29.9 Å². The number of ether oxygens (including phenoxy) is 1. The summed E-state index contributed by atoms with van der Waals surface area (Å²) in [5.41, 5.74) is 1.84. The molecule has 8 heteroatoms. The van der Waals surface area contributed by atoms with Crippen molar-refractivity contribution in [2.45, 2.75) is 32.1 Å². The predicted octanol–water partition coefficient (Wildman–Crippen LogP) is 0.296. The lowest BCUT2D eigenvalue weighted by Gasteiger charge is -2.40. The van der Waals surface area contributed by atoms with Crippen molar-refractivity contribution in [3.05, 3.63) is 29.6 Å². The highest BCUT2D eigenvalue weighted by atomic mass is 16.5. The van der Waals surface area contributed by atoms with Gasteiger partial charge in [0.25, 0.3) is 5.91 Å². The third-order valence-electron chi connectivity index (χ3n) is 4.12. The fourth-order valence-electron chi connectivity index (χ4n) is 3.03. The lowest BCUT2D eigenvalue weighted by atomic mass is 10.0. The van der Waals surface area contributed by atoms with Crippen LogP contribution in [0.4, 0.5) is 0 Å². The van der Waals surface area contributed by atoms with E-state index in [1.165, 1.54) is 0 Å². The number of piperidine rings is 1. The van der Waals surface area contributed by atoms with Gasteiger partial charge in [0.1, 0.15) is 0 Å². The number of hydrogen-bond donors (Lipinski definition) is 1. The Labute approximate surface area is 121 Å². The highest BCUT2D eigenvalue weighted by molar-refractivity contribution is 5.90. The molecule has 1 N–H and O–H groups in total. The van der Waals surface area contributed by atoms with E-state index in [0.717, 1.165) is 17.8 Å². The molecule has 4 heterocycles. The van der Waals surface area contributed by atoms with Gasteiger partial charge in [-0.3, -0.25) is 4.79 Å². The molecule has 0 bridgehead atoms. The van der Waals surface area contributed by atoms with Gasteiger partial charge in [0.2, 0.25) is 0 Å². The Kier molecular flexibility index (Phi) is 2.78. The van der Waals surface area contributed by atoms with Crippen molar-refractivity contribution in [1.29, 1.82) is 0 Å². The third-order valence-corrected chi connectivity index (χ3v) is 4.12. The molecule has 21 heavy (non-hydrogen) atoms. The molecule has 110 valence electrons. The van der Waals surface area contributed by atoms with Crippen molar-refractivity contribution in [3.63, 3.8) is 0 Å². The van der Waals surface area contributed by atoms with Gasteiger partial charge in [-0.25, -0.2) is 9.67 Å². The van der Waals surface area contributed by atoms with Crippen LogP contribution in [0.1, 0.15) is 34.5 Å². The molecule has 0 spiro atoms. The van der Waals surface area contributed by atoms with Gasteiger partial charge in [-0.2, -0.15) is 0 Å². The summed E-state index contributed by atoms with van der Waals surface area (Å²) in [6.45, 7) is 3.66. The molecule has 1 saturated heterocycles. The average molecular weight is 288 g/mol. The number of aromatic nitrogens is 5. The first-order chi connectivity index (χ1) is 10.2. The van der Waals surface area contributed by atoms with E-state index in [1.807, 2.05) is 11.6 Å². The summed E-state index contributed by atoms with van der Waals surface area (Å²) < 4.78 is 7.73. The molecule has 4 rings (SSSR count). The maximum absolute atomic E-state index is 12.5. The number of carbonyl (C=O) groups is 1. The number of H-pyrrole nitrogens is 1. The monoisotopic (exact) mass is 288 g/mol. The number of nitrogens with one attached hydrogen (secondary N) is 1. The van der Waals surface area contributed by atoms with E-state index in [0.29, 0.717) is 25.5 Å². The Morgan fingerprint density at radius 1 is 1.48 bits per heavy atom. The van der Waals surface area contributed by atoms with Crippen LogP contribution < -0.4 is 0 Å². The second-order valence-electron chi connectivity index (χ2n) is 5.54. The minimum absolute atomic E-state index is 0.0324. The SMILES string of the molecule is Cc1cnc(C(=O)N2CC[C@H]3OCc4cnnn4[C@@H]3C2)[nH]1. The summed E-state index contributed by atoms with van der Waals surface area (Å²) in [7, 11) is 0. The summed E-state index contributed by atoms with van der Waals surface area (Å²) >= 11 is 0. The first-order valence-electron chi connectivity index (χ1n) is 7.04. The van der Waals surface area contributed by atoms with Crippen molar-refractivity contribution >= 4 is 5.91 Å². The number of carbonyl (C=O) groups excluding carboxylic acids is 1. The minimum atomic E-state index is -0.0752. The highest BCUT2D eigenvalue weighted by Crippen LogP contribution is 2.30. The van der Waals surface area contributed by atoms with Crippen LogP contribution in [0.5, 0.6) is 0 Å². The number of nitrogens with zero attached hydrogens (tertiary/aromatic N) is 5. The van der Waals surface area contributed by atoms with Gasteiger partial charge in [-0.05, 0) is 13.3 Å². The number of likely N-dealkylation sites (tertiary alicyclic amines) is 1. The van der Waals surface area contributed by atoms with Crippen LogP contribution in [0.25, 0.3) is 0 Å². The van der Waals surface area contributed by atoms with E-state index in [9.17, 15) is 4.79 Å². The topological polar surface area (TPSA) is 88.9 Å². The van der Waals surface area contributed by atoms with E-state index in [2.05, 4.69) is 20.3 Å². The molecule has 2 aromatic heterocycles. The molecule has 2 atom stereocenters. The van der Waals surface area contributed by atoms with Crippen LogP contribution in [0.2, 0.25) is 0 Å². The highest BCUT2D eigenvalue weighted by Gasteiger charge is 2.38. The second-order valence-corrected chi connectivity index (χ2v) is 5.54. The van der Waals surface area contributed by atoms with Crippen LogP contribution in [0, 0.1) is 6.92 Å². The van der Waals surface area contributed by atoms with Crippen LogP contribution in [0.3, 0.4) is 0 Å². The largest absolute Gasteiger partial charge is 0.370 e. The molecule has 2 aromatic rings. The summed E-state index contributed by atoms with van der Waals surface area (Å²) in [5.74, 6) is 0.315. The van der Waals surface area contributed by atoms with Crippen molar-refractivity contribution < 1.29 is 9.53 Å². The maximum atomic E-state index is 12.5. The lowest BCUT2D eigenvalue weighted by Crippen LogP contribution is -2.50. The molecular formula is C13H16N6O2. The van der Waals surface area contributed by atoms with E-state index in [-0.39, 0.29) is 18.1 Å². The fraction of sp³-hybridized carbons (Fsp3) is 0.538. The van der Waals surface area contributed by atoms with E-state index >= 15 is 0 Å². The molecule has 2 aliphatic heterocycles. The smallest absolute Gasteiger partial charge is 0.289 e. The number of amides is 1. The van der Waals surface area contributed by atoms with E-state index in [4.69, 9.17) is 4.74 Å². The van der Waals surface area contributed by atoms with Crippen molar-refractivity contribution in [2.75, 3.05) is 13.1 Å². The van der Waals surface area contributed by atoms with Crippen molar-refractivity contribution in [2.24, 2.45) is 0 Å². The van der Waals surface area contributed by atoms with E-state index < -0.39 is 0 Å². The molecule has 0 unspecified atom stereocenters. The Morgan fingerprint density at radius 3 is 3.19 bits per heavy atom. The molecule has 0 aliphatic carbocycles. The Balaban J connectivity index is 1.57. The van der Waals surface area contributed by atoms with E-state index in [1.54, 1.807) is 17.3 Å². The Morgan fingerprint density at radius 2 is 2.38 bits per heavy atom. The van der Waals surface area contributed by atoms with Crippen LogP contribution >= 0.6 is 0 Å². The molecule has 0 radical (unpaired) electrons. The summed E-state index contributed by atoms with van der Waals surface area (Å²) in [6.07, 6.45) is 4.28. The molecule has 0 saturated carbocycles. The summed E-state index contributed by atoms with van der Waals surface area (Å²) in [6, 6.07) is 0.0324. The minimum Gasteiger partial charge on any atom is -0.370 e. The zero-order valence-electron chi connectivity index (χ0n) is 11.7. The molecule has 2 aliphatic rings. The Hall–Kier alpha value is -2.22. The molecule has 1 fully saturated rings. The molecular weight excluding hydrogens is 272 g/mol. The quantitative estimate of drug-likeness (QED) is 0.815. The van der Waals surface area contributed by atoms with Gasteiger partial charge in [0.05, 0.1) is 30.6 Å². The lowest BCUT2D eigenvalue weighted by molar-refractivity contribution is -0.0606. The maximum Gasteiger partial charge on any atom is 0.289 e. The van der Waals surface area contributed by atoms with Gasteiger partial charge in [-0.1, -0.05) is 5.21 Å².